The molecule has 7 heteroatoms. The molecule has 1 aromatic carbocycles. The van der Waals surface area contributed by atoms with Crippen LogP contribution in [0.3, 0.4) is 0 Å². The van der Waals surface area contributed by atoms with Gasteiger partial charge in [-0.3, -0.25) is 9.59 Å². The highest BCUT2D eigenvalue weighted by Crippen LogP contribution is 2.33. The maximum atomic E-state index is 13.4. The molecule has 0 aliphatic heterocycles. The SMILES string of the molecule is O=c1[nH]c2sc3cc(Br)c(F)cc3c2[nH]c1=O. The molecule has 2 heterocycles. The number of aromatic amines is 2. The van der Waals surface area contributed by atoms with Gasteiger partial charge in [0.25, 0.3) is 0 Å². The third kappa shape index (κ3) is 1.54. The molecule has 4 nitrogen and oxygen atoms in total. The van der Waals surface area contributed by atoms with Crippen molar-refractivity contribution < 1.29 is 4.39 Å². The number of nitrogens with one attached hydrogen (secondary N) is 2. The maximum Gasteiger partial charge on any atom is 0.314 e. The van der Waals surface area contributed by atoms with Crippen LogP contribution in [-0.4, -0.2) is 9.97 Å². The van der Waals surface area contributed by atoms with E-state index in [-0.39, 0.29) is 0 Å². The molecular formula is C10H4BrFN2O2S. The van der Waals surface area contributed by atoms with Crippen LogP contribution in [0.25, 0.3) is 20.4 Å². The van der Waals surface area contributed by atoms with E-state index in [1.165, 1.54) is 17.4 Å². The number of H-pyrrole nitrogens is 2. The number of halogens is 2. The summed E-state index contributed by atoms with van der Waals surface area (Å²) in [5.41, 5.74) is -0.981. The molecule has 86 valence electrons. The van der Waals surface area contributed by atoms with Gasteiger partial charge in [0, 0.05) is 10.1 Å². The van der Waals surface area contributed by atoms with Gasteiger partial charge in [-0.05, 0) is 28.1 Å². The van der Waals surface area contributed by atoms with Crippen LogP contribution in [0.4, 0.5) is 4.39 Å². The van der Waals surface area contributed by atoms with Crippen LogP contribution < -0.4 is 11.1 Å². The average molecular weight is 315 g/mol. The fraction of sp³-hybridized carbons (Fsp3) is 0. The van der Waals surface area contributed by atoms with E-state index in [9.17, 15) is 14.0 Å². The molecule has 0 saturated carbocycles. The van der Waals surface area contributed by atoms with Crippen molar-refractivity contribution in [1.82, 2.24) is 9.97 Å². The van der Waals surface area contributed by atoms with Crippen molar-refractivity contribution in [2.45, 2.75) is 0 Å². The van der Waals surface area contributed by atoms with Crippen molar-refractivity contribution in [2.24, 2.45) is 0 Å². The van der Waals surface area contributed by atoms with Crippen molar-refractivity contribution in [3.63, 3.8) is 0 Å². The fourth-order valence-electron chi connectivity index (χ4n) is 1.63. The number of fused-ring (bicyclic) bond motifs is 3. The predicted octanol–water partition coefficient (Wildman–Crippen LogP) is 2.33. The minimum atomic E-state index is -0.736. The Labute approximate surface area is 105 Å². The van der Waals surface area contributed by atoms with E-state index in [1.54, 1.807) is 6.07 Å². The Bertz CT molecular complexity index is 864. The predicted molar refractivity (Wildman–Crippen MR) is 68.2 cm³/mol. The minimum absolute atomic E-state index is 0.348. The Morgan fingerprint density at radius 1 is 1.18 bits per heavy atom. The van der Waals surface area contributed by atoms with Crippen LogP contribution in [0.15, 0.2) is 26.2 Å². The summed E-state index contributed by atoms with van der Waals surface area (Å²) >= 11 is 4.38. The summed E-state index contributed by atoms with van der Waals surface area (Å²) in [5.74, 6) is -0.413. The highest BCUT2D eigenvalue weighted by molar-refractivity contribution is 9.10. The molecule has 3 rings (SSSR count). The number of thiophene rings is 1. The summed E-state index contributed by atoms with van der Waals surface area (Å²) in [7, 11) is 0. The van der Waals surface area contributed by atoms with Gasteiger partial charge in [-0.25, -0.2) is 4.39 Å². The lowest BCUT2D eigenvalue weighted by molar-refractivity contribution is 0.623. The highest BCUT2D eigenvalue weighted by atomic mass is 79.9. The first kappa shape index (κ1) is 10.7. The summed E-state index contributed by atoms with van der Waals surface area (Å²) in [6, 6.07) is 2.94. The van der Waals surface area contributed by atoms with Gasteiger partial charge in [0.1, 0.15) is 10.6 Å². The molecule has 0 unspecified atom stereocenters. The smallest absolute Gasteiger partial charge is 0.314 e. The number of rotatable bonds is 0. The van der Waals surface area contributed by atoms with Crippen molar-refractivity contribution >= 4 is 47.7 Å². The molecule has 2 aromatic heterocycles. The molecule has 0 aliphatic carbocycles. The molecule has 3 aromatic rings. The standard InChI is InChI=1S/C10H4BrFN2O2S/c11-4-2-6-3(1-5(4)12)7-10(17-6)14-9(16)8(15)13-7/h1-2H,(H,13,15)(H,14,16). The fourth-order valence-corrected chi connectivity index (χ4v) is 3.20. The number of benzene rings is 1. The van der Waals surface area contributed by atoms with Crippen LogP contribution >= 0.6 is 27.3 Å². The van der Waals surface area contributed by atoms with Gasteiger partial charge in [-0.15, -0.1) is 11.3 Å². The zero-order chi connectivity index (χ0) is 12.2. The second-order valence-electron chi connectivity index (χ2n) is 3.48. The van der Waals surface area contributed by atoms with Gasteiger partial charge < -0.3 is 9.97 Å². The van der Waals surface area contributed by atoms with Crippen molar-refractivity contribution in [1.29, 1.82) is 0 Å². The summed E-state index contributed by atoms with van der Waals surface area (Å²) < 4.78 is 14.6. The Morgan fingerprint density at radius 2 is 1.88 bits per heavy atom. The second kappa shape index (κ2) is 3.51. The van der Waals surface area contributed by atoms with Gasteiger partial charge >= 0.3 is 11.1 Å². The van der Waals surface area contributed by atoms with Gasteiger partial charge in [0.2, 0.25) is 0 Å². The molecule has 0 amide bonds. The summed E-state index contributed by atoms with van der Waals surface area (Å²) in [4.78, 5) is 27.9. The lowest BCUT2D eigenvalue weighted by atomic mass is 10.2. The number of hydrogen-bond donors (Lipinski definition) is 2. The highest BCUT2D eigenvalue weighted by Gasteiger charge is 2.11. The van der Waals surface area contributed by atoms with E-state index < -0.39 is 16.9 Å². The van der Waals surface area contributed by atoms with E-state index in [2.05, 4.69) is 25.9 Å². The first-order valence-corrected chi connectivity index (χ1v) is 6.21. The Kier molecular flexibility index (Phi) is 2.20. The zero-order valence-corrected chi connectivity index (χ0v) is 10.5. The molecule has 0 aliphatic rings. The van der Waals surface area contributed by atoms with E-state index in [1.807, 2.05) is 0 Å². The lowest BCUT2D eigenvalue weighted by Crippen LogP contribution is -2.28. The largest absolute Gasteiger partial charge is 0.315 e. The molecule has 2 N–H and O–H groups in total. The van der Waals surface area contributed by atoms with Gasteiger partial charge in [-0.2, -0.15) is 0 Å². The van der Waals surface area contributed by atoms with Crippen LogP contribution in [0.2, 0.25) is 0 Å². The Morgan fingerprint density at radius 3 is 2.65 bits per heavy atom. The molecule has 0 saturated heterocycles. The van der Waals surface area contributed by atoms with E-state index in [4.69, 9.17) is 0 Å². The van der Waals surface area contributed by atoms with E-state index in [0.29, 0.717) is 20.2 Å². The second-order valence-corrected chi connectivity index (χ2v) is 5.38. The van der Waals surface area contributed by atoms with E-state index in [0.717, 1.165) is 4.70 Å². The van der Waals surface area contributed by atoms with Crippen molar-refractivity contribution in [3.8, 4) is 0 Å². The Balaban J connectivity index is 2.60. The summed E-state index contributed by atoms with van der Waals surface area (Å²) in [5, 5.41) is 0.582. The van der Waals surface area contributed by atoms with Gasteiger partial charge in [0.05, 0.1) is 9.99 Å². The minimum Gasteiger partial charge on any atom is -0.315 e. The summed E-state index contributed by atoms with van der Waals surface area (Å²) in [6.07, 6.45) is 0. The normalized spacial score (nSPS) is 11.4. The first-order chi connectivity index (χ1) is 8.06. The third-order valence-electron chi connectivity index (χ3n) is 2.40. The topological polar surface area (TPSA) is 65.7 Å². The average Bonchev–Trinajstić information content (AvgIpc) is 2.58. The van der Waals surface area contributed by atoms with Crippen molar-refractivity contribution in [3.05, 3.63) is 43.1 Å². The van der Waals surface area contributed by atoms with Crippen LogP contribution in [-0.2, 0) is 0 Å². The molecule has 0 fully saturated rings. The van der Waals surface area contributed by atoms with Gasteiger partial charge in [0.15, 0.2) is 0 Å². The maximum absolute atomic E-state index is 13.4. The monoisotopic (exact) mass is 314 g/mol. The van der Waals surface area contributed by atoms with Gasteiger partial charge in [-0.1, -0.05) is 0 Å². The van der Waals surface area contributed by atoms with Crippen LogP contribution in [0.5, 0.6) is 0 Å². The first-order valence-electron chi connectivity index (χ1n) is 4.60. The van der Waals surface area contributed by atoms with Crippen LogP contribution in [0.1, 0.15) is 0 Å². The van der Waals surface area contributed by atoms with Crippen LogP contribution in [0, 0.1) is 5.82 Å². The summed E-state index contributed by atoms with van der Waals surface area (Å²) in [6.45, 7) is 0. The Hall–Kier alpha value is -1.47. The number of aromatic nitrogens is 2. The molecule has 0 bridgehead atoms. The zero-order valence-electron chi connectivity index (χ0n) is 8.14. The molecular weight excluding hydrogens is 311 g/mol. The molecule has 0 radical (unpaired) electrons. The molecule has 0 spiro atoms. The quantitative estimate of drug-likeness (QED) is 0.625. The third-order valence-corrected chi connectivity index (χ3v) is 4.08. The lowest BCUT2D eigenvalue weighted by Gasteiger charge is -1.94. The molecule has 17 heavy (non-hydrogen) atoms. The molecule has 0 atom stereocenters. The number of hydrogen-bond acceptors (Lipinski definition) is 3. The van der Waals surface area contributed by atoms with E-state index >= 15 is 0 Å². The van der Waals surface area contributed by atoms with Crippen molar-refractivity contribution in [2.75, 3.05) is 0 Å².